The molecule has 2 aromatic rings. The molecular formula is C20H29NO3. The topological polar surface area (TPSA) is 51.3 Å². The number of carbonyl (C=O) groups is 1. The summed E-state index contributed by atoms with van der Waals surface area (Å²) in [6, 6.07) is 7.71. The lowest BCUT2D eigenvalue weighted by Crippen LogP contribution is -2.32. The highest BCUT2D eigenvalue weighted by molar-refractivity contribution is 5.98. The second kappa shape index (κ2) is 6.98. The third kappa shape index (κ3) is 4.84. The van der Waals surface area contributed by atoms with Gasteiger partial charge in [-0.25, -0.2) is 0 Å². The van der Waals surface area contributed by atoms with Crippen molar-refractivity contribution in [3.63, 3.8) is 0 Å². The summed E-state index contributed by atoms with van der Waals surface area (Å²) in [5, 5.41) is 0.983. The molecule has 0 radical (unpaired) electrons. The van der Waals surface area contributed by atoms with Crippen LogP contribution in [0.3, 0.4) is 0 Å². The molecule has 0 fully saturated rings. The van der Waals surface area contributed by atoms with Crippen molar-refractivity contribution in [2.24, 2.45) is 0 Å². The van der Waals surface area contributed by atoms with Crippen molar-refractivity contribution in [3.05, 3.63) is 30.0 Å². The summed E-state index contributed by atoms with van der Waals surface area (Å²) in [5.74, 6) is 0.834. The Balaban J connectivity index is 2.03. The first kappa shape index (κ1) is 18.5. The molecule has 0 aliphatic rings. The Morgan fingerprint density at radius 3 is 2.46 bits per heavy atom. The summed E-state index contributed by atoms with van der Waals surface area (Å²) >= 11 is 0. The minimum absolute atomic E-state index is 0.0321. The minimum Gasteiger partial charge on any atom is -0.488 e. The van der Waals surface area contributed by atoms with E-state index in [2.05, 4.69) is 39.6 Å². The smallest absolute Gasteiger partial charge is 0.175 e. The molecule has 0 bridgehead atoms. The van der Waals surface area contributed by atoms with Gasteiger partial charge in [0.05, 0.1) is 17.9 Å². The fraction of sp³-hybridized carbons (Fsp3) is 0.550. The number of nitrogens with one attached hydrogen (secondary N) is 1. The Labute approximate surface area is 144 Å². The van der Waals surface area contributed by atoms with Crippen molar-refractivity contribution >= 4 is 16.7 Å². The van der Waals surface area contributed by atoms with E-state index >= 15 is 0 Å². The molecule has 1 heterocycles. The Morgan fingerprint density at radius 1 is 1.12 bits per heavy atom. The number of ketones is 1. The molecule has 0 amide bonds. The zero-order valence-corrected chi connectivity index (χ0v) is 15.7. The number of hydrogen-bond donors (Lipinski definition) is 1. The predicted molar refractivity (Wildman–Crippen MR) is 97.9 cm³/mol. The van der Waals surface area contributed by atoms with Crippen molar-refractivity contribution in [1.29, 1.82) is 0 Å². The largest absolute Gasteiger partial charge is 0.488 e. The van der Waals surface area contributed by atoms with E-state index in [4.69, 9.17) is 9.47 Å². The fourth-order valence-corrected chi connectivity index (χ4v) is 2.41. The lowest BCUT2D eigenvalue weighted by atomic mass is 10.0. The monoisotopic (exact) mass is 331 g/mol. The molecule has 4 heteroatoms. The van der Waals surface area contributed by atoms with Gasteiger partial charge in [0, 0.05) is 24.2 Å². The summed E-state index contributed by atoms with van der Waals surface area (Å²) in [6.07, 6.45) is 1.79. The van der Waals surface area contributed by atoms with Gasteiger partial charge in [0.25, 0.3) is 0 Å². The number of aromatic amines is 1. The molecule has 1 aromatic heterocycles. The van der Waals surface area contributed by atoms with Gasteiger partial charge < -0.3 is 14.5 Å². The molecule has 0 aliphatic heterocycles. The van der Waals surface area contributed by atoms with Crippen LogP contribution in [0.2, 0.25) is 0 Å². The first-order valence-electron chi connectivity index (χ1n) is 8.58. The van der Waals surface area contributed by atoms with Gasteiger partial charge in [-0.2, -0.15) is 0 Å². The second-order valence-corrected chi connectivity index (χ2v) is 7.56. The van der Waals surface area contributed by atoms with Gasteiger partial charge >= 0.3 is 0 Å². The maximum Gasteiger partial charge on any atom is 0.175 e. The molecule has 0 unspecified atom stereocenters. The van der Waals surface area contributed by atoms with Crippen LogP contribution in [0, 0.1) is 0 Å². The Hall–Kier alpha value is -1.81. The molecule has 1 N–H and O–H groups in total. The zero-order valence-electron chi connectivity index (χ0n) is 15.7. The minimum atomic E-state index is -0.322. The number of benzene rings is 1. The first-order valence-corrected chi connectivity index (χ1v) is 8.58. The maximum atomic E-state index is 11.5. The first-order chi connectivity index (χ1) is 11.1. The average molecular weight is 331 g/mol. The highest BCUT2D eigenvalue weighted by Gasteiger charge is 2.23. The third-order valence-electron chi connectivity index (χ3n) is 4.41. The van der Waals surface area contributed by atoms with E-state index in [1.54, 1.807) is 6.92 Å². The average Bonchev–Trinajstić information content (AvgIpc) is 2.89. The van der Waals surface area contributed by atoms with Gasteiger partial charge in [0.1, 0.15) is 11.4 Å². The number of rotatable bonds is 8. The molecule has 2 rings (SSSR count). The highest BCUT2D eigenvalue weighted by atomic mass is 16.5. The molecule has 0 atom stereocenters. The van der Waals surface area contributed by atoms with Crippen LogP contribution in [0.5, 0.6) is 5.75 Å². The third-order valence-corrected chi connectivity index (χ3v) is 4.41. The van der Waals surface area contributed by atoms with E-state index < -0.39 is 0 Å². The predicted octanol–water partition coefficient (Wildman–Crippen LogP) is 5.12. The summed E-state index contributed by atoms with van der Waals surface area (Å²) in [5.41, 5.74) is 1.15. The van der Waals surface area contributed by atoms with Crippen LogP contribution in [0.4, 0.5) is 0 Å². The fourth-order valence-electron chi connectivity index (χ4n) is 2.41. The number of fused-ring (bicyclic) bond motifs is 1. The number of hydrogen-bond acceptors (Lipinski definition) is 3. The lowest BCUT2D eigenvalue weighted by Gasteiger charge is -2.29. The lowest BCUT2D eigenvalue weighted by molar-refractivity contribution is -0.0423. The molecule has 24 heavy (non-hydrogen) atoms. The normalized spacial score (nSPS) is 12.6. The second-order valence-electron chi connectivity index (χ2n) is 7.56. The summed E-state index contributed by atoms with van der Waals surface area (Å²) in [6.45, 7) is 12.7. The van der Waals surface area contributed by atoms with Crippen molar-refractivity contribution in [3.8, 4) is 5.75 Å². The van der Waals surface area contributed by atoms with Crippen LogP contribution < -0.4 is 4.74 Å². The molecule has 1 aromatic carbocycles. The summed E-state index contributed by atoms with van der Waals surface area (Å²) < 4.78 is 12.1. The van der Waals surface area contributed by atoms with E-state index in [9.17, 15) is 4.79 Å². The molecule has 0 saturated carbocycles. The van der Waals surface area contributed by atoms with Crippen molar-refractivity contribution < 1.29 is 14.3 Å². The van der Waals surface area contributed by atoms with Crippen LogP contribution >= 0.6 is 0 Å². The maximum absolute atomic E-state index is 11.5. The number of aromatic nitrogens is 1. The number of H-pyrrole nitrogens is 1. The van der Waals surface area contributed by atoms with Crippen LogP contribution in [0.25, 0.3) is 10.9 Å². The Bertz CT molecular complexity index is 713. The van der Waals surface area contributed by atoms with Gasteiger partial charge in [-0.3, -0.25) is 4.79 Å². The molecule has 132 valence electrons. The van der Waals surface area contributed by atoms with Crippen molar-refractivity contribution in [1.82, 2.24) is 4.98 Å². The summed E-state index contributed by atoms with van der Waals surface area (Å²) in [4.78, 5) is 14.6. The van der Waals surface area contributed by atoms with Crippen LogP contribution in [0.15, 0.2) is 24.3 Å². The van der Waals surface area contributed by atoms with Crippen molar-refractivity contribution in [2.45, 2.75) is 65.6 Å². The Kier molecular flexibility index (Phi) is 5.38. The van der Waals surface area contributed by atoms with Gasteiger partial charge in [0.15, 0.2) is 5.78 Å². The zero-order chi connectivity index (χ0) is 18.0. The van der Waals surface area contributed by atoms with E-state index in [-0.39, 0.29) is 17.0 Å². The van der Waals surface area contributed by atoms with Gasteiger partial charge in [-0.1, -0.05) is 6.92 Å². The molecule has 0 saturated heterocycles. The Morgan fingerprint density at radius 2 is 1.83 bits per heavy atom. The quantitative estimate of drug-likeness (QED) is 0.683. The SMILES string of the molecule is CCC(C)(C)OCCC(C)(C)Oc1ccc2[nH]c(C(C)=O)cc2c1. The molecule has 0 spiro atoms. The van der Waals surface area contributed by atoms with E-state index in [0.29, 0.717) is 12.3 Å². The number of Topliss-reactive ketones (excluding diaryl/α,β-unsaturated/α-hetero) is 1. The van der Waals surface area contributed by atoms with Gasteiger partial charge in [-0.05, 0) is 58.4 Å². The van der Waals surface area contributed by atoms with E-state index in [1.165, 1.54) is 0 Å². The summed E-state index contributed by atoms with van der Waals surface area (Å²) in [7, 11) is 0. The van der Waals surface area contributed by atoms with Gasteiger partial charge in [-0.15, -0.1) is 0 Å². The van der Waals surface area contributed by atoms with Gasteiger partial charge in [0.2, 0.25) is 0 Å². The highest BCUT2D eigenvalue weighted by Crippen LogP contribution is 2.27. The number of carbonyl (C=O) groups excluding carboxylic acids is 1. The molecule has 4 nitrogen and oxygen atoms in total. The van der Waals surface area contributed by atoms with E-state index in [0.717, 1.165) is 29.5 Å². The van der Waals surface area contributed by atoms with Crippen molar-refractivity contribution in [2.75, 3.05) is 6.61 Å². The van der Waals surface area contributed by atoms with Crippen LogP contribution in [0.1, 0.15) is 64.9 Å². The van der Waals surface area contributed by atoms with Crippen LogP contribution in [-0.2, 0) is 4.74 Å². The van der Waals surface area contributed by atoms with Crippen LogP contribution in [-0.4, -0.2) is 28.6 Å². The van der Waals surface area contributed by atoms with E-state index in [1.807, 2.05) is 24.3 Å². The number of ether oxygens (including phenoxy) is 2. The molecule has 0 aliphatic carbocycles. The molecular weight excluding hydrogens is 302 g/mol. The standard InChI is InChI=1S/C20H29NO3/c1-7-19(3,4)23-11-10-20(5,6)24-16-8-9-17-15(12-16)13-18(21-17)14(2)22/h8-9,12-13,21H,7,10-11H2,1-6H3.